The van der Waals surface area contributed by atoms with E-state index in [-0.39, 0.29) is 30.2 Å². The highest BCUT2D eigenvalue weighted by atomic mass is 16.3. The van der Waals surface area contributed by atoms with E-state index < -0.39 is 6.03 Å². The van der Waals surface area contributed by atoms with Crippen LogP contribution in [-0.2, 0) is 11.3 Å². The van der Waals surface area contributed by atoms with Crippen LogP contribution < -0.4 is 25.8 Å². The highest BCUT2D eigenvalue weighted by Crippen LogP contribution is 2.38. The minimum Gasteiger partial charge on any atom is -0.507 e. The number of piperazine rings is 1. The van der Waals surface area contributed by atoms with Crippen molar-refractivity contribution in [3.8, 4) is 17.0 Å². The van der Waals surface area contributed by atoms with Gasteiger partial charge >= 0.3 is 6.03 Å². The molecule has 8 rings (SSSR count). The largest absolute Gasteiger partial charge is 0.507 e. The molecule has 3 amide bonds. The van der Waals surface area contributed by atoms with E-state index in [2.05, 4.69) is 40.4 Å². The zero-order valence-electron chi connectivity index (χ0n) is 27.0. The summed E-state index contributed by atoms with van der Waals surface area (Å²) in [4.78, 5) is 41.8. The van der Waals surface area contributed by atoms with Gasteiger partial charge in [0.05, 0.1) is 17.1 Å². The van der Waals surface area contributed by atoms with E-state index >= 15 is 0 Å². The smallest absolute Gasteiger partial charge is 0.329 e. The topological polar surface area (TPSA) is 183 Å². The van der Waals surface area contributed by atoms with E-state index in [9.17, 15) is 14.7 Å². The molecule has 0 spiro atoms. The van der Waals surface area contributed by atoms with Gasteiger partial charge in [0.15, 0.2) is 11.6 Å². The molecule has 0 saturated carbocycles. The molecular formula is C34H38N12O3. The first-order valence-electron chi connectivity index (χ1n) is 16.8. The Morgan fingerprint density at radius 2 is 1.63 bits per heavy atom. The summed E-state index contributed by atoms with van der Waals surface area (Å²) in [5.41, 5.74) is 10.4. The molecule has 49 heavy (non-hydrogen) atoms. The van der Waals surface area contributed by atoms with Crippen LogP contribution in [0.25, 0.3) is 11.3 Å². The van der Waals surface area contributed by atoms with Gasteiger partial charge in [-0.3, -0.25) is 19.9 Å². The van der Waals surface area contributed by atoms with Crippen molar-refractivity contribution in [2.45, 2.75) is 56.7 Å². The number of benzene rings is 1. The zero-order chi connectivity index (χ0) is 33.5. The quantitative estimate of drug-likeness (QED) is 0.263. The molecule has 2 unspecified atom stereocenters. The molecule has 15 nitrogen and oxygen atoms in total. The third kappa shape index (κ3) is 6.17. The maximum absolute atomic E-state index is 12.1. The Morgan fingerprint density at radius 1 is 0.878 bits per heavy atom. The van der Waals surface area contributed by atoms with Crippen molar-refractivity contribution in [3.63, 3.8) is 0 Å². The van der Waals surface area contributed by atoms with Crippen molar-refractivity contribution in [1.82, 2.24) is 40.6 Å². The molecule has 3 aromatic heterocycles. The number of phenolic OH excluding ortho intramolecular Hbond substituents is 1. The number of aromatic hydroxyl groups is 1. The van der Waals surface area contributed by atoms with E-state index in [1.807, 2.05) is 36.7 Å². The number of nitrogens with zero attached hydrogens (tertiary/aromatic N) is 10. The second-order valence-electron chi connectivity index (χ2n) is 13.2. The molecule has 15 heteroatoms. The third-order valence-electron chi connectivity index (χ3n) is 10.2. The molecule has 4 aliphatic rings. The van der Waals surface area contributed by atoms with Crippen LogP contribution in [-0.4, -0.2) is 97.1 Å². The SMILES string of the molecule is Nc1nnc(-c2ccccc2O)cc1N1CC2CCC(C1)N2c1ncc(C2CCN(Cc3ccc(N4CCC(=O)NC4=O)nn3)CC2)cn1. The van der Waals surface area contributed by atoms with Gasteiger partial charge in [-0.2, -0.15) is 5.10 Å². The number of carbonyl (C=O) groups is 2. The van der Waals surface area contributed by atoms with Crippen LogP contribution in [0.2, 0.25) is 0 Å². The van der Waals surface area contributed by atoms with Gasteiger partial charge in [0, 0.05) is 62.6 Å². The highest BCUT2D eigenvalue weighted by molar-refractivity contribution is 6.05. The normalized spacial score (nSPS) is 21.7. The van der Waals surface area contributed by atoms with E-state index in [1.54, 1.807) is 18.2 Å². The van der Waals surface area contributed by atoms with Gasteiger partial charge in [0.25, 0.3) is 0 Å². The number of hydrogen-bond acceptors (Lipinski definition) is 13. The summed E-state index contributed by atoms with van der Waals surface area (Å²) in [7, 11) is 0. The minimum atomic E-state index is -0.461. The summed E-state index contributed by atoms with van der Waals surface area (Å²) < 4.78 is 0. The number of anilines is 4. The predicted octanol–water partition coefficient (Wildman–Crippen LogP) is 2.69. The van der Waals surface area contributed by atoms with Crippen LogP contribution in [0.3, 0.4) is 0 Å². The van der Waals surface area contributed by atoms with Crippen LogP contribution in [0.1, 0.15) is 49.3 Å². The second kappa shape index (κ2) is 12.9. The number of nitrogen functional groups attached to an aromatic ring is 1. The maximum atomic E-state index is 12.1. The van der Waals surface area contributed by atoms with Crippen LogP contribution in [0, 0.1) is 0 Å². The number of nitrogens with one attached hydrogen (secondary N) is 1. The molecule has 4 aliphatic heterocycles. The molecule has 2 bridgehead atoms. The first kappa shape index (κ1) is 30.9. The Labute approximate surface area is 283 Å². The van der Waals surface area contributed by atoms with E-state index in [0.29, 0.717) is 41.9 Å². The summed E-state index contributed by atoms with van der Waals surface area (Å²) in [6.07, 6.45) is 8.38. The number of fused-ring (bicyclic) bond motifs is 2. The van der Waals surface area contributed by atoms with Crippen LogP contribution in [0.15, 0.2) is 54.9 Å². The number of phenols is 1. The molecule has 0 aliphatic carbocycles. The number of piperidine rings is 1. The number of rotatable bonds is 7. The van der Waals surface area contributed by atoms with Crippen molar-refractivity contribution in [2.75, 3.05) is 53.2 Å². The standard InChI is InChI=1S/C34H38N12O3/c35-32-28(15-27(40-42-32)26-3-1-2-4-29(26)47)44-19-24-6-7-25(20-44)46(24)33-36-16-22(17-37-33)21-9-12-43(13-10-21)18-23-5-8-30(41-39-23)45-14-11-31(48)38-34(45)49/h1-5,8,15-17,21,24-25,47H,6-7,9-14,18-20H2,(H2,35,42)(H,38,48,49). The Morgan fingerprint density at radius 3 is 2.33 bits per heavy atom. The average molecular weight is 663 g/mol. The van der Waals surface area contributed by atoms with Gasteiger partial charge in [0.2, 0.25) is 11.9 Å². The molecule has 4 aromatic rings. The molecule has 0 radical (unpaired) electrons. The number of amides is 3. The summed E-state index contributed by atoms with van der Waals surface area (Å²) in [6.45, 7) is 4.40. The molecule has 4 saturated heterocycles. The number of urea groups is 1. The number of carbonyl (C=O) groups excluding carboxylic acids is 2. The van der Waals surface area contributed by atoms with Crippen LogP contribution >= 0.6 is 0 Å². The van der Waals surface area contributed by atoms with Crippen molar-refractivity contribution in [3.05, 3.63) is 66.1 Å². The Hall–Kier alpha value is -5.44. The molecule has 2 atom stereocenters. The van der Waals surface area contributed by atoms with Crippen molar-refractivity contribution in [2.24, 2.45) is 0 Å². The number of likely N-dealkylation sites (tertiary alicyclic amines) is 1. The van der Waals surface area contributed by atoms with Crippen LogP contribution in [0.4, 0.5) is 28.1 Å². The lowest BCUT2D eigenvalue weighted by Gasteiger charge is -2.42. The Kier molecular flexibility index (Phi) is 8.11. The van der Waals surface area contributed by atoms with Crippen molar-refractivity contribution >= 4 is 35.2 Å². The first-order chi connectivity index (χ1) is 23.9. The van der Waals surface area contributed by atoms with Crippen molar-refractivity contribution < 1.29 is 14.7 Å². The van der Waals surface area contributed by atoms with Crippen molar-refractivity contribution in [1.29, 1.82) is 0 Å². The van der Waals surface area contributed by atoms with Gasteiger partial charge < -0.3 is 20.6 Å². The minimum absolute atomic E-state index is 0.160. The summed E-state index contributed by atoms with van der Waals surface area (Å²) in [6, 6.07) is 12.8. The lowest BCUT2D eigenvalue weighted by Crippen LogP contribution is -2.54. The zero-order valence-corrected chi connectivity index (χ0v) is 27.0. The average Bonchev–Trinajstić information content (AvgIpc) is 3.38. The molecule has 4 fully saturated rings. The fourth-order valence-corrected chi connectivity index (χ4v) is 7.59. The van der Waals surface area contributed by atoms with E-state index in [4.69, 9.17) is 15.7 Å². The second-order valence-corrected chi connectivity index (χ2v) is 13.2. The number of para-hydroxylation sites is 1. The fourth-order valence-electron chi connectivity index (χ4n) is 7.59. The molecule has 252 valence electrons. The van der Waals surface area contributed by atoms with Gasteiger partial charge in [0.1, 0.15) is 5.75 Å². The van der Waals surface area contributed by atoms with E-state index in [1.165, 1.54) is 10.5 Å². The number of imide groups is 1. The molecule has 7 heterocycles. The number of nitrogens with two attached hydrogens (primary N) is 1. The summed E-state index contributed by atoms with van der Waals surface area (Å²) in [5, 5.41) is 29.7. The highest BCUT2D eigenvalue weighted by Gasteiger charge is 2.42. The lowest BCUT2D eigenvalue weighted by atomic mass is 9.91. The lowest BCUT2D eigenvalue weighted by molar-refractivity contribution is -0.120. The van der Waals surface area contributed by atoms with Gasteiger partial charge in [-0.05, 0) is 80.6 Å². The summed E-state index contributed by atoms with van der Waals surface area (Å²) >= 11 is 0. The Balaban J connectivity index is 0.865. The fraction of sp³-hybridized carbons (Fsp3) is 0.412. The predicted molar refractivity (Wildman–Crippen MR) is 182 cm³/mol. The molecular weight excluding hydrogens is 624 g/mol. The Bertz CT molecular complexity index is 1830. The maximum Gasteiger partial charge on any atom is 0.329 e. The number of aromatic nitrogens is 6. The number of hydrogen-bond donors (Lipinski definition) is 3. The monoisotopic (exact) mass is 662 g/mol. The van der Waals surface area contributed by atoms with Gasteiger partial charge in [-0.25, -0.2) is 14.8 Å². The third-order valence-corrected chi connectivity index (χ3v) is 10.2. The molecule has 1 aromatic carbocycles. The molecule has 4 N–H and O–H groups in total. The summed E-state index contributed by atoms with van der Waals surface area (Å²) in [5.74, 6) is 1.89. The van der Waals surface area contributed by atoms with Crippen LogP contribution in [0.5, 0.6) is 5.75 Å². The van der Waals surface area contributed by atoms with E-state index in [0.717, 1.165) is 69.2 Å². The first-order valence-corrected chi connectivity index (χ1v) is 16.8. The van der Waals surface area contributed by atoms with Gasteiger partial charge in [-0.1, -0.05) is 12.1 Å². The van der Waals surface area contributed by atoms with Gasteiger partial charge in [-0.15, -0.1) is 15.3 Å².